The first-order chi connectivity index (χ1) is 12.6. The Labute approximate surface area is 153 Å². The molecule has 138 valence electrons. The van der Waals surface area contributed by atoms with Crippen LogP contribution in [0.25, 0.3) is 11.1 Å². The van der Waals surface area contributed by atoms with Gasteiger partial charge in [0.25, 0.3) is 0 Å². The molecule has 5 nitrogen and oxygen atoms in total. The summed E-state index contributed by atoms with van der Waals surface area (Å²) in [5.41, 5.74) is 1.29. The summed E-state index contributed by atoms with van der Waals surface area (Å²) in [6.07, 6.45) is 4.54. The van der Waals surface area contributed by atoms with E-state index in [1.807, 2.05) is 12.1 Å². The third-order valence-electron chi connectivity index (χ3n) is 4.08. The van der Waals surface area contributed by atoms with Gasteiger partial charge in [-0.05, 0) is 25.0 Å². The summed E-state index contributed by atoms with van der Waals surface area (Å²) in [7, 11) is 0. The van der Waals surface area contributed by atoms with E-state index in [9.17, 15) is 14.7 Å². The summed E-state index contributed by atoms with van der Waals surface area (Å²) in [5.74, 6) is -0.507. The summed E-state index contributed by atoms with van der Waals surface area (Å²) in [5, 5.41) is 18.6. The van der Waals surface area contributed by atoms with Crippen LogP contribution >= 0.6 is 0 Å². The number of unbranched alkanes of at least 4 members (excludes halogenated alkanes) is 4. The van der Waals surface area contributed by atoms with Crippen LogP contribution in [0.2, 0.25) is 0 Å². The van der Waals surface area contributed by atoms with E-state index in [4.69, 9.17) is 9.84 Å². The Kier molecular flexibility index (Phi) is 7.68. The lowest BCUT2D eigenvalue weighted by molar-refractivity contribution is -0.137. The average Bonchev–Trinajstić information content (AvgIpc) is 2.62. The van der Waals surface area contributed by atoms with E-state index >= 15 is 0 Å². The Morgan fingerprint density at radius 3 is 2.04 bits per heavy atom. The fraction of sp³-hybridized carbons (Fsp3) is 0.333. The van der Waals surface area contributed by atoms with Gasteiger partial charge in [0.05, 0.1) is 0 Å². The van der Waals surface area contributed by atoms with Crippen molar-refractivity contribution in [1.82, 2.24) is 0 Å². The van der Waals surface area contributed by atoms with Crippen LogP contribution in [-0.2, 0) is 9.59 Å². The molecule has 0 aromatic heterocycles. The minimum absolute atomic E-state index is 0.136. The number of aromatic hydroxyl groups is 1. The normalized spacial score (nSPS) is 10.5. The molecule has 0 bridgehead atoms. The summed E-state index contributed by atoms with van der Waals surface area (Å²) in [6.45, 7) is 0. The first-order valence-electron chi connectivity index (χ1n) is 8.88. The molecule has 2 N–H and O–H groups in total. The molecule has 0 aliphatic heterocycles. The predicted molar refractivity (Wildman–Crippen MR) is 99.1 cm³/mol. The van der Waals surface area contributed by atoms with Crippen LogP contribution in [-0.4, -0.2) is 22.2 Å². The van der Waals surface area contributed by atoms with E-state index in [0.717, 1.165) is 19.3 Å². The molecule has 0 fully saturated rings. The van der Waals surface area contributed by atoms with E-state index in [1.54, 1.807) is 36.4 Å². The topological polar surface area (TPSA) is 83.8 Å². The Balaban J connectivity index is 1.83. The maximum Gasteiger partial charge on any atom is 0.311 e. The van der Waals surface area contributed by atoms with E-state index in [2.05, 4.69) is 0 Å². The van der Waals surface area contributed by atoms with Gasteiger partial charge in [-0.2, -0.15) is 0 Å². The molecule has 0 amide bonds. The van der Waals surface area contributed by atoms with Crippen molar-refractivity contribution < 1.29 is 24.5 Å². The van der Waals surface area contributed by atoms with Gasteiger partial charge in [-0.15, -0.1) is 0 Å². The number of para-hydroxylation sites is 2. The Bertz CT molecular complexity index is 739. The van der Waals surface area contributed by atoms with E-state index in [1.165, 1.54) is 0 Å². The van der Waals surface area contributed by atoms with Gasteiger partial charge in [-0.3, -0.25) is 9.59 Å². The lowest BCUT2D eigenvalue weighted by Crippen LogP contribution is -2.08. The van der Waals surface area contributed by atoms with Gasteiger partial charge >= 0.3 is 11.9 Å². The molecular weight excluding hydrogens is 332 g/mol. The highest BCUT2D eigenvalue weighted by Crippen LogP contribution is 2.35. The van der Waals surface area contributed by atoms with Crippen molar-refractivity contribution in [2.45, 2.75) is 44.9 Å². The number of hydrogen-bond acceptors (Lipinski definition) is 4. The summed E-state index contributed by atoms with van der Waals surface area (Å²) < 4.78 is 5.49. The third kappa shape index (κ3) is 6.24. The van der Waals surface area contributed by atoms with Crippen molar-refractivity contribution in [3.8, 4) is 22.6 Å². The highest BCUT2D eigenvalue weighted by atomic mass is 16.5. The molecule has 0 aliphatic rings. The van der Waals surface area contributed by atoms with Crippen LogP contribution in [0.4, 0.5) is 0 Å². The first kappa shape index (κ1) is 19.5. The summed E-state index contributed by atoms with van der Waals surface area (Å²) >= 11 is 0. The van der Waals surface area contributed by atoms with Gasteiger partial charge in [-0.25, -0.2) is 0 Å². The minimum atomic E-state index is -0.767. The molecule has 0 saturated heterocycles. The number of aliphatic carboxylic acids is 1. The van der Waals surface area contributed by atoms with Crippen molar-refractivity contribution >= 4 is 11.9 Å². The van der Waals surface area contributed by atoms with Gasteiger partial charge in [-0.1, -0.05) is 55.7 Å². The zero-order valence-electron chi connectivity index (χ0n) is 14.7. The lowest BCUT2D eigenvalue weighted by Gasteiger charge is -2.11. The molecule has 0 saturated carbocycles. The maximum absolute atomic E-state index is 12.1. The van der Waals surface area contributed by atoms with Crippen LogP contribution in [0.3, 0.4) is 0 Å². The van der Waals surface area contributed by atoms with E-state index in [-0.39, 0.29) is 18.1 Å². The van der Waals surface area contributed by atoms with Crippen molar-refractivity contribution in [2.75, 3.05) is 0 Å². The van der Waals surface area contributed by atoms with Crippen molar-refractivity contribution in [3.63, 3.8) is 0 Å². The zero-order chi connectivity index (χ0) is 18.8. The molecule has 2 aromatic carbocycles. The fourth-order valence-electron chi connectivity index (χ4n) is 2.73. The van der Waals surface area contributed by atoms with Crippen molar-refractivity contribution in [1.29, 1.82) is 0 Å². The molecule has 2 rings (SSSR count). The Morgan fingerprint density at radius 1 is 0.769 bits per heavy atom. The Hall–Kier alpha value is -2.82. The smallest absolute Gasteiger partial charge is 0.311 e. The lowest BCUT2D eigenvalue weighted by atomic mass is 10.0. The third-order valence-corrected chi connectivity index (χ3v) is 4.08. The number of carbonyl (C=O) groups is 2. The van der Waals surface area contributed by atoms with Gasteiger partial charge in [0, 0.05) is 24.0 Å². The van der Waals surface area contributed by atoms with E-state index < -0.39 is 5.97 Å². The van der Waals surface area contributed by atoms with Gasteiger partial charge in [0.2, 0.25) is 0 Å². The number of phenols is 1. The molecule has 0 heterocycles. The quantitative estimate of drug-likeness (QED) is 0.364. The largest absolute Gasteiger partial charge is 0.507 e. The van der Waals surface area contributed by atoms with Crippen LogP contribution in [0.5, 0.6) is 11.5 Å². The molecule has 0 radical (unpaired) electrons. The predicted octanol–water partition coefficient (Wildman–Crippen LogP) is 4.78. The van der Waals surface area contributed by atoms with Crippen LogP contribution in [0.15, 0.2) is 48.5 Å². The minimum Gasteiger partial charge on any atom is -0.507 e. The highest BCUT2D eigenvalue weighted by molar-refractivity contribution is 5.80. The molecule has 0 spiro atoms. The molecule has 2 aromatic rings. The second-order valence-electron chi connectivity index (χ2n) is 6.15. The summed E-state index contributed by atoms with van der Waals surface area (Å²) in [4.78, 5) is 22.5. The molecule has 5 heteroatoms. The highest BCUT2D eigenvalue weighted by Gasteiger charge is 2.12. The maximum atomic E-state index is 12.1. The molecular formula is C21H24O5. The molecule has 0 atom stereocenters. The van der Waals surface area contributed by atoms with E-state index in [0.29, 0.717) is 36.1 Å². The first-order valence-corrected chi connectivity index (χ1v) is 8.88. The van der Waals surface area contributed by atoms with Crippen LogP contribution < -0.4 is 4.74 Å². The number of esters is 1. The second-order valence-corrected chi connectivity index (χ2v) is 6.15. The SMILES string of the molecule is O=C(O)CCCCCCCC(=O)Oc1ccccc1-c1ccccc1O. The Morgan fingerprint density at radius 2 is 1.35 bits per heavy atom. The van der Waals surface area contributed by atoms with Crippen LogP contribution in [0, 0.1) is 0 Å². The van der Waals surface area contributed by atoms with Crippen molar-refractivity contribution in [2.24, 2.45) is 0 Å². The van der Waals surface area contributed by atoms with Gasteiger partial charge in [0.15, 0.2) is 0 Å². The number of benzene rings is 2. The second kappa shape index (κ2) is 10.2. The zero-order valence-corrected chi connectivity index (χ0v) is 14.7. The van der Waals surface area contributed by atoms with Crippen molar-refractivity contribution in [3.05, 3.63) is 48.5 Å². The number of rotatable bonds is 10. The number of ether oxygens (including phenoxy) is 1. The number of phenolic OH excluding ortho intramolecular Hbond substituents is 1. The van der Waals surface area contributed by atoms with Gasteiger partial charge < -0.3 is 14.9 Å². The van der Waals surface area contributed by atoms with Crippen LogP contribution in [0.1, 0.15) is 44.9 Å². The number of carboxylic acids is 1. The summed E-state index contributed by atoms with van der Waals surface area (Å²) in [6, 6.07) is 14.1. The average molecular weight is 356 g/mol. The standard InChI is InChI=1S/C21H24O5/c22-18-12-8-6-10-16(18)17-11-7-9-13-19(17)26-21(25)15-5-3-1-2-4-14-20(23)24/h6-13,22H,1-5,14-15H2,(H,23,24). The number of carboxylic acid groups (broad SMARTS) is 1. The molecule has 0 unspecified atom stereocenters. The molecule has 0 aliphatic carbocycles. The fourth-order valence-corrected chi connectivity index (χ4v) is 2.73. The monoisotopic (exact) mass is 356 g/mol. The van der Waals surface area contributed by atoms with Gasteiger partial charge in [0.1, 0.15) is 11.5 Å². The number of carbonyl (C=O) groups excluding carboxylic acids is 1. The molecule has 26 heavy (non-hydrogen) atoms. The number of hydrogen-bond donors (Lipinski definition) is 2.